The lowest BCUT2D eigenvalue weighted by molar-refractivity contribution is -0.137. The second-order valence-electron chi connectivity index (χ2n) is 6.27. The molecule has 0 aliphatic carbocycles. The molecule has 0 aliphatic heterocycles. The van der Waals surface area contributed by atoms with E-state index in [0.717, 1.165) is 12.1 Å². The average molecular weight is 393 g/mol. The van der Waals surface area contributed by atoms with E-state index in [1.807, 2.05) is 0 Å². The van der Waals surface area contributed by atoms with Crippen LogP contribution in [-0.2, 0) is 17.4 Å². The van der Waals surface area contributed by atoms with E-state index in [2.05, 4.69) is 20.6 Å². The van der Waals surface area contributed by atoms with Crippen molar-refractivity contribution in [2.75, 3.05) is 0 Å². The Morgan fingerprint density at radius 3 is 2.43 bits per heavy atom. The number of hydrogen-bond donors (Lipinski definition) is 2. The van der Waals surface area contributed by atoms with Gasteiger partial charge in [0.05, 0.1) is 5.56 Å². The molecule has 146 valence electrons. The highest BCUT2D eigenvalue weighted by Gasteiger charge is 2.30. The first-order chi connectivity index (χ1) is 13.2. The van der Waals surface area contributed by atoms with Crippen LogP contribution in [0.1, 0.15) is 29.0 Å². The van der Waals surface area contributed by atoms with Gasteiger partial charge in [-0.05, 0) is 59.0 Å². The minimum Gasteiger partial charge on any atom is -0.370 e. The quantitative estimate of drug-likeness (QED) is 0.629. The average Bonchev–Trinajstić information content (AvgIpc) is 3.15. The van der Waals surface area contributed by atoms with Gasteiger partial charge in [-0.1, -0.05) is 12.1 Å². The first kappa shape index (κ1) is 19.5. The summed E-state index contributed by atoms with van der Waals surface area (Å²) in [6, 6.07) is 8.66. The van der Waals surface area contributed by atoms with Gasteiger partial charge in [-0.15, -0.1) is 10.2 Å². The lowest BCUT2D eigenvalue weighted by atomic mass is 9.87. The van der Waals surface area contributed by atoms with Crippen LogP contribution in [0.5, 0.6) is 0 Å². The van der Waals surface area contributed by atoms with Gasteiger partial charge in [-0.3, -0.25) is 4.79 Å². The molecule has 3 aromatic rings. The second-order valence-corrected chi connectivity index (χ2v) is 6.27. The lowest BCUT2D eigenvalue weighted by Crippen LogP contribution is -2.17. The number of H-pyrrole nitrogens is 1. The fourth-order valence-corrected chi connectivity index (χ4v) is 2.93. The van der Waals surface area contributed by atoms with Crippen LogP contribution >= 0.6 is 0 Å². The fraction of sp³-hybridized carbons (Fsp3) is 0.222. The number of nitrogens with two attached hydrogens (primary N) is 1. The summed E-state index contributed by atoms with van der Waals surface area (Å²) < 4.78 is 52.3. The maximum absolute atomic E-state index is 14.1. The zero-order valence-corrected chi connectivity index (χ0v) is 14.4. The van der Waals surface area contributed by atoms with Crippen LogP contribution in [0.25, 0.3) is 11.4 Å². The first-order valence-electron chi connectivity index (χ1n) is 8.21. The van der Waals surface area contributed by atoms with Crippen molar-refractivity contribution in [3.8, 4) is 11.4 Å². The number of carbonyl (C=O) groups is 1. The van der Waals surface area contributed by atoms with E-state index < -0.39 is 29.4 Å². The normalized spacial score (nSPS) is 12.7. The van der Waals surface area contributed by atoms with Gasteiger partial charge >= 0.3 is 6.18 Å². The molecule has 1 amide bonds. The van der Waals surface area contributed by atoms with Crippen molar-refractivity contribution >= 4 is 5.91 Å². The van der Waals surface area contributed by atoms with Gasteiger partial charge in [-0.2, -0.15) is 18.4 Å². The van der Waals surface area contributed by atoms with Gasteiger partial charge in [-0.25, -0.2) is 4.39 Å². The Morgan fingerprint density at radius 2 is 1.86 bits per heavy atom. The van der Waals surface area contributed by atoms with Gasteiger partial charge in [0.2, 0.25) is 11.7 Å². The van der Waals surface area contributed by atoms with E-state index >= 15 is 0 Å². The molecule has 0 spiro atoms. The van der Waals surface area contributed by atoms with Crippen molar-refractivity contribution in [2.45, 2.75) is 24.9 Å². The smallest absolute Gasteiger partial charge is 0.370 e. The van der Waals surface area contributed by atoms with E-state index in [4.69, 9.17) is 5.73 Å². The van der Waals surface area contributed by atoms with Crippen molar-refractivity contribution in [3.63, 3.8) is 0 Å². The Morgan fingerprint density at radius 1 is 1.14 bits per heavy atom. The maximum atomic E-state index is 14.1. The largest absolute Gasteiger partial charge is 0.416 e. The molecule has 0 aliphatic rings. The highest BCUT2D eigenvalue weighted by molar-refractivity contribution is 5.75. The van der Waals surface area contributed by atoms with E-state index in [9.17, 15) is 22.4 Å². The number of rotatable bonds is 6. The minimum atomic E-state index is -4.44. The number of primary amides is 1. The standard InChI is InChI=1S/C18H15F4N5O/c19-15-7-12(6-13(8-15)17-24-26-27-25-17)11(9-16(23)28)5-10-1-3-14(4-2-10)18(20,21)22/h1-4,6-8,11H,5,9H2,(H2,23,28)(H,24,25,26,27). The molecule has 2 aromatic carbocycles. The number of benzene rings is 2. The molecule has 1 heterocycles. The molecule has 0 fully saturated rings. The highest BCUT2D eigenvalue weighted by Crippen LogP contribution is 2.31. The Hall–Kier alpha value is -3.30. The third-order valence-electron chi connectivity index (χ3n) is 4.21. The molecular formula is C18H15F4N5O. The van der Waals surface area contributed by atoms with Gasteiger partial charge < -0.3 is 5.73 Å². The molecule has 10 heteroatoms. The molecule has 3 N–H and O–H groups in total. The minimum absolute atomic E-state index is 0.101. The Labute approximate surface area is 156 Å². The van der Waals surface area contributed by atoms with E-state index in [-0.39, 0.29) is 18.7 Å². The van der Waals surface area contributed by atoms with Crippen LogP contribution < -0.4 is 5.73 Å². The zero-order chi connectivity index (χ0) is 20.3. The Balaban J connectivity index is 1.91. The topological polar surface area (TPSA) is 97.5 Å². The van der Waals surface area contributed by atoms with Crippen LogP contribution in [0.4, 0.5) is 17.6 Å². The van der Waals surface area contributed by atoms with Crippen molar-refractivity contribution in [3.05, 3.63) is 65.0 Å². The predicted molar refractivity (Wildman–Crippen MR) is 91.3 cm³/mol. The summed E-state index contributed by atoms with van der Waals surface area (Å²) in [7, 11) is 0. The number of aromatic amines is 1. The van der Waals surface area contributed by atoms with Crippen LogP contribution in [0.3, 0.4) is 0 Å². The Kier molecular flexibility index (Phi) is 5.39. The zero-order valence-electron chi connectivity index (χ0n) is 14.4. The monoisotopic (exact) mass is 393 g/mol. The van der Waals surface area contributed by atoms with Crippen LogP contribution in [-0.4, -0.2) is 26.5 Å². The molecule has 1 unspecified atom stereocenters. The van der Waals surface area contributed by atoms with Crippen molar-refractivity contribution < 1.29 is 22.4 Å². The summed E-state index contributed by atoms with van der Waals surface area (Å²) in [5.74, 6) is -1.54. The number of carbonyl (C=O) groups excluding carboxylic acids is 1. The van der Waals surface area contributed by atoms with Crippen LogP contribution in [0.2, 0.25) is 0 Å². The number of tetrazole rings is 1. The molecule has 0 saturated heterocycles. The molecule has 28 heavy (non-hydrogen) atoms. The fourth-order valence-electron chi connectivity index (χ4n) is 2.93. The summed E-state index contributed by atoms with van der Waals surface area (Å²) in [6.45, 7) is 0. The molecule has 1 aromatic heterocycles. The molecular weight excluding hydrogens is 378 g/mol. The number of hydrogen-bond acceptors (Lipinski definition) is 4. The van der Waals surface area contributed by atoms with Gasteiger partial charge in [0, 0.05) is 12.0 Å². The molecule has 0 saturated carbocycles. The predicted octanol–water partition coefficient (Wildman–Crippen LogP) is 3.23. The number of nitrogens with zero attached hydrogens (tertiary/aromatic N) is 3. The van der Waals surface area contributed by atoms with Crippen molar-refractivity contribution in [1.82, 2.24) is 20.6 Å². The molecule has 1 atom stereocenters. The Bertz CT molecular complexity index is 955. The molecule has 3 rings (SSSR count). The first-order valence-corrected chi connectivity index (χ1v) is 8.21. The number of nitrogens with one attached hydrogen (secondary N) is 1. The third-order valence-corrected chi connectivity index (χ3v) is 4.21. The van der Waals surface area contributed by atoms with Crippen LogP contribution in [0.15, 0.2) is 42.5 Å². The van der Waals surface area contributed by atoms with Gasteiger partial charge in [0.15, 0.2) is 0 Å². The summed E-state index contributed by atoms with van der Waals surface area (Å²) >= 11 is 0. The van der Waals surface area contributed by atoms with E-state index in [0.29, 0.717) is 16.7 Å². The number of aromatic nitrogens is 4. The molecule has 0 radical (unpaired) electrons. The SMILES string of the molecule is NC(=O)CC(Cc1ccc(C(F)(F)F)cc1)c1cc(F)cc(-c2nn[nH]n2)c1. The molecule has 6 nitrogen and oxygen atoms in total. The van der Waals surface area contributed by atoms with E-state index in [1.165, 1.54) is 24.3 Å². The summed E-state index contributed by atoms with van der Waals surface area (Å²) in [5.41, 5.74) is 5.91. The van der Waals surface area contributed by atoms with Crippen molar-refractivity contribution in [2.24, 2.45) is 5.73 Å². The molecule has 0 bridgehead atoms. The second kappa shape index (κ2) is 7.75. The van der Waals surface area contributed by atoms with Crippen LogP contribution in [0, 0.1) is 5.82 Å². The lowest BCUT2D eigenvalue weighted by Gasteiger charge is -2.17. The summed E-state index contributed by atoms with van der Waals surface area (Å²) in [4.78, 5) is 11.5. The highest BCUT2D eigenvalue weighted by atomic mass is 19.4. The summed E-state index contributed by atoms with van der Waals surface area (Å²) in [6.07, 6.45) is -4.33. The van der Waals surface area contributed by atoms with E-state index in [1.54, 1.807) is 6.07 Å². The van der Waals surface area contributed by atoms with Crippen molar-refractivity contribution in [1.29, 1.82) is 0 Å². The number of halogens is 4. The number of alkyl halides is 3. The maximum Gasteiger partial charge on any atom is 0.416 e. The van der Waals surface area contributed by atoms with Gasteiger partial charge in [0.1, 0.15) is 5.82 Å². The van der Waals surface area contributed by atoms with Gasteiger partial charge in [0.25, 0.3) is 0 Å². The third kappa shape index (κ3) is 4.70. The number of amides is 1. The summed E-state index contributed by atoms with van der Waals surface area (Å²) in [5, 5.41) is 13.3.